The Hall–Kier alpha value is -2.25. The van der Waals surface area contributed by atoms with Gasteiger partial charge in [-0.25, -0.2) is 4.79 Å². The van der Waals surface area contributed by atoms with Crippen LogP contribution in [0.2, 0.25) is 0 Å². The lowest BCUT2D eigenvalue weighted by atomic mass is 9.43. The number of carbonyl (C=O) groups is 3. The van der Waals surface area contributed by atoms with E-state index in [1.54, 1.807) is 0 Å². The standard InChI is InChI=1S/C37H52O7/c1-23(13-16-32(39)41-4)27-14-15-28-34-29(22-31(37(27,28)3)44-33-12-8-9-19-42-33)36(2)18-17-26(38)20-25(36)21-30(34)43-35(40)24-10-6-5-7-11-24/h5-7,10-11,23,25,27-31,33-34H,8-9,12-22H2,1-4H3/t23?,25-,27+,28-,29-,30+,31-,33+,34-,36-,37+/m0/s1. The van der Waals surface area contributed by atoms with Crippen LogP contribution in [0.4, 0.5) is 0 Å². The SMILES string of the molecule is COC(=O)CCC(C)[C@H]1CC[C@H]2[C@@H]3[C@H](OC(=O)c4ccccc4)C[C@@H]4CC(=O)CC[C@]4(C)[C@H]3C[C@H](O[C@@H]3CCCCO3)[C@]12C. The first kappa shape index (κ1) is 31.7. The highest BCUT2D eigenvalue weighted by Gasteiger charge is 2.67. The predicted octanol–water partition coefficient (Wildman–Crippen LogP) is 7.16. The first-order valence-electron chi connectivity index (χ1n) is 17.3. The summed E-state index contributed by atoms with van der Waals surface area (Å²) in [7, 11) is 1.46. The van der Waals surface area contributed by atoms with Crippen molar-refractivity contribution in [1.29, 1.82) is 0 Å². The second kappa shape index (κ2) is 12.9. The van der Waals surface area contributed by atoms with E-state index in [-0.39, 0.29) is 53.1 Å². The van der Waals surface area contributed by atoms with Gasteiger partial charge in [0, 0.05) is 37.2 Å². The maximum atomic E-state index is 13.6. The maximum absolute atomic E-state index is 13.6. The van der Waals surface area contributed by atoms with Gasteiger partial charge in [-0.2, -0.15) is 0 Å². The van der Waals surface area contributed by atoms with Crippen molar-refractivity contribution in [2.75, 3.05) is 13.7 Å². The first-order valence-corrected chi connectivity index (χ1v) is 17.3. The molecule has 1 unspecified atom stereocenters. The largest absolute Gasteiger partial charge is 0.469 e. The molecular formula is C37H52O7. The molecule has 1 aromatic carbocycles. The molecule has 4 aliphatic carbocycles. The highest BCUT2D eigenvalue weighted by molar-refractivity contribution is 5.89. The van der Waals surface area contributed by atoms with Gasteiger partial charge in [0.1, 0.15) is 11.9 Å². The van der Waals surface area contributed by atoms with Crippen LogP contribution in [-0.2, 0) is 28.5 Å². The first-order chi connectivity index (χ1) is 21.1. The monoisotopic (exact) mass is 608 g/mol. The molecule has 5 aliphatic rings. The maximum Gasteiger partial charge on any atom is 0.338 e. The third kappa shape index (κ3) is 5.77. The van der Waals surface area contributed by atoms with Crippen LogP contribution in [0.1, 0.15) is 108 Å². The number of rotatable bonds is 8. The van der Waals surface area contributed by atoms with Gasteiger partial charge in [-0.05, 0) is 105 Å². The van der Waals surface area contributed by atoms with Crippen molar-refractivity contribution in [1.82, 2.24) is 0 Å². The highest BCUT2D eigenvalue weighted by Crippen LogP contribution is 2.69. The smallest absolute Gasteiger partial charge is 0.338 e. The van der Waals surface area contributed by atoms with Crippen LogP contribution in [0.25, 0.3) is 0 Å². The second-order valence-electron chi connectivity index (χ2n) is 15.1. The summed E-state index contributed by atoms with van der Waals surface area (Å²) in [5.41, 5.74) is 0.425. The van der Waals surface area contributed by atoms with E-state index in [4.69, 9.17) is 18.9 Å². The number of fused-ring (bicyclic) bond motifs is 5. The van der Waals surface area contributed by atoms with E-state index < -0.39 is 0 Å². The van der Waals surface area contributed by atoms with Gasteiger partial charge >= 0.3 is 11.9 Å². The lowest BCUT2D eigenvalue weighted by Crippen LogP contribution is -2.63. The van der Waals surface area contributed by atoms with E-state index in [0.717, 1.165) is 64.4 Å². The summed E-state index contributed by atoms with van der Waals surface area (Å²) in [5.74, 6) is 1.61. The third-order valence-electron chi connectivity index (χ3n) is 13.1. The molecule has 0 N–H and O–H groups in total. The normalized spacial score (nSPS) is 40.7. The van der Waals surface area contributed by atoms with Gasteiger partial charge < -0.3 is 18.9 Å². The Labute approximate surface area is 263 Å². The highest BCUT2D eigenvalue weighted by atomic mass is 16.7. The molecule has 11 atom stereocenters. The molecule has 4 saturated carbocycles. The number of ketones is 1. The minimum Gasteiger partial charge on any atom is -0.469 e. The van der Waals surface area contributed by atoms with Crippen LogP contribution in [0.3, 0.4) is 0 Å². The third-order valence-corrected chi connectivity index (χ3v) is 13.1. The number of esters is 2. The summed E-state index contributed by atoms with van der Waals surface area (Å²) in [6, 6.07) is 9.31. The molecule has 0 radical (unpaired) electrons. The van der Waals surface area contributed by atoms with Crippen molar-refractivity contribution in [2.24, 2.45) is 46.3 Å². The second-order valence-corrected chi connectivity index (χ2v) is 15.1. The summed E-state index contributed by atoms with van der Waals surface area (Å²) >= 11 is 0. The van der Waals surface area contributed by atoms with E-state index in [2.05, 4.69) is 20.8 Å². The van der Waals surface area contributed by atoms with Gasteiger partial charge in [-0.1, -0.05) is 39.0 Å². The van der Waals surface area contributed by atoms with E-state index in [1.165, 1.54) is 7.11 Å². The molecule has 44 heavy (non-hydrogen) atoms. The van der Waals surface area contributed by atoms with Crippen molar-refractivity contribution in [2.45, 2.75) is 116 Å². The zero-order chi connectivity index (χ0) is 31.1. The molecule has 242 valence electrons. The molecule has 5 fully saturated rings. The fourth-order valence-corrected chi connectivity index (χ4v) is 10.6. The summed E-state index contributed by atoms with van der Waals surface area (Å²) < 4.78 is 24.8. The van der Waals surface area contributed by atoms with Gasteiger partial charge in [0.25, 0.3) is 0 Å². The minimum atomic E-state index is -0.267. The van der Waals surface area contributed by atoms with Crippen LogP contribution in [0, 0.1) is 46.3 Å². The van der Waals surface area contributed by atoms with Crippen molar-refractivity contribution < 1.29 is 33.3 Å². The Balaban J connectivity index is 1.36. The molecule has 0 aromatic heterocycles. The Kier molecular flexibility index (Phi) is 9.27. The van der Waals surface area contributed by atoms with E-state index >= 15 is 0 Å². The number of hydrogen-bond acceptors (Lipinski definition) is 7. The quantitative estimate of drug-likeness (QED) is 0.229. The predicted molar refractivity (Wildman–Crippen MR) is 166 cm³/mol. The van der Waals surface area contributed by atoms with Crippen LogP contribution < -0.4 is 0 Å². The molecular weight excluding hydrogens is 556 g/mol. The molecule has 0 amide bonds. The Morgan fingerprint density at radius 3 is 2.57 bits per heavy atom. The summed E-state index contributed by atoms with van der Waals surface area (Å²) in [5, 5.41) is 0. The van der Waals surface area contributed by atoms with Crippen LogP contribution in [0.5, 0.6) is 0 Å². The number of Topliss-reactive ketones (excluding diaryl/α,β-unsaturated/α-hetero) is 1. The van der Waals surface area contributed by atoms with Crippen molar-refractivity contribution in [3.63, 3.8) is 0 Å². The number of benzene rings is 1. The van der Waals surface area contributed by atoms with E-state index in [9.17, 15) is 14.4 Å². The van der Waals surface area contributed by atoms with Gasteiger partial charge in [-0.15, -0.1) is 0 Å². The fraction of sp³-hybridized carbons (Fsp3) is 0.757. The van der Waals surface area contributed by atoms with Crippen molar-refractivity contribution >= 4 is 17.7 Å². The van der Waals surface area contributed by atoms with Gasteiger partial charge in [-0.3, -0.25) is 9.59 Å². The number of carbonyl (C=O) groups excluding carboxylic acids is 3. The number of ether oxygens (including phenoxy) is 4. The van der Waals surface area contributed by atoms with Gasteiger partial charge in [0.15, 0.2) is 6.29 Å². The average molecular weight is 609 g/mol. The minimum absolute atomic E-state index is 0.000814. The fourth-order valence-electron chi connectivity index (χ4n) is 10.6. The number of methoxy groups -OCH3 is 1. The van der Waals surface area contributed by atoms with Crippen molar-refractivity contribution in [3.05, 3.63) is 35.9 Å². The lowest BCUT2D eigenvalue weighted by Gasteiger charge is -2.64. The van der Waals surface area contributed by atoms with Crippen LogP contribution in [-0.4, -0.2) is 49.9 Å². The molecule has 7 nitrogen and oxygen atoms in total. The summed E-state index contributed by atoms with van der Waals surface area (Å²) in [6.45, 7) is 7.88. The molecule has 1 heterocycles. The summed E-state index contributed by atoms with van der Waals surface area (Å²) in [4.78, 5) is 38.5. The molecule has 7 heteroatoms. The van der Waals surface area contributed by atoms with Crippen LogP contribution in [0.15, 0.2) is 30.3 Å². The van der Waals surface area contributed by atoms with Gasteiger partial charge in [0.2, 0.25) is 0 Å². The van der Waals surface area contributed by atoms with Crippen molar-refractivity contribution in [3.8, 4) is 0 Å². The topological polar surface area (TPSA) is 88.1 Å². The molecule has 0 bridgehead atoms. The zero-order valence-electron chi connectivity index (χ0n) is 27.1. The number of hydrogen-bond donors (Lipinski definition) is 0. The zero-order valence-corrected chi connectivity index (χ0v) is 27.1. The molecule has 1 saturated heterocycles. The van der Waals surface area contributed by atoms with E-state index in [1.807, 2.05) is 30.3 Å². The Bertz CT molecular complexity index is 1190. The molecule has 1 aliphatic heterocycles. The molecule has 6 rings (SSSR count). The molecule has 1 aromatic rings. The Morgan fingerprint density at radius 2 is 1.84 bits per heavy atom. The van der Waals surface area contributed by atoms with Crippen LogP contribution >= 0.6 is 0 Å². The Morgan fingerprint density at radius 1 is 1.05 bits per heavy atom. The lowest BCUT2D eigenvalue weighted by molar-refractivity contribution is -0.264. The van der Waals surface area contributed by atoms with E-state index in [0.29, 0.717) is 54.3 Å². The summed E-state index contributed by atoms with van der Waals surface area (Å²) in [6.07, 6.45) is 9.73. The van der Waals surface area contributed by atoms with Gasteiger partial charge in [0.05, 0.1) is 18.8 Å². The molecule has 0 spiro atoms. The average Bonchev–Trinajstić information content (AvgIpc) is 3.39.